The lowest BCUT2D eigenvalue weighted by Crippen LogP contribution is -2.05. The first-order chi connectivity index (χ1) is 9.10. The van der Waals surface area contributed by atoms with Gasteiger partial charge in [0.1, 0.15) is 0 Å². The second-order valence-corrected chi connectivity index (χ2v) is 6.41. The van der Waals surface area contributed by atoms with Crippen LogP contribution in [0.2, 0.25) is 10.0 Å². The molecular formula is C15H12BrCl3. The molecule has 0 fully saturated rings. The first kappa shape index (κ1) is 15.2. The van der Waals surface area contributed by atoms with Crippen LogP contribution in [0.1, 0.15) is 17.0 Å². The summed E-state index contributed by atoms with van der Waals surface area (Å²) in [6, 6.07) is 13.8. The van der Waals surface area contributed by atoms with Crippen molar-refractivity contribution < 1.29 is 0 Å². The van der Waals surface area contributed by atoms with E-state index in [4.69, 9.17) is 34.8 Å². The summed E-state index contributed by atoms with van der Waals surface area (Å²) in [5.74, 6) is 0.800. The van der Waals surface area contributed by atoms with Crippen LogP contribution >= 0.6 is 50.7 Å². The van der Waals surface area contributed by atoms with Gasteiger partial charge in [0.2, 0.25) is 0 Å². The Labute approximate surface area is 136 Å². The lowest BCUT2D eigenvalue weighted by Gasteiger charge is -2.15. The molecule has 0 saturated heterocycles. The molecule has 1 atom stereocenters. The van der Waals surface area contributed by atoms with Gasteiger partial charge in [-0.15, -0.1) is 11.6 Å². The maximum Gasteiger partial charge on any atom is 0.0453 e. The fraction of sp³-hybridized carbons (Fsp3) is 0.200. The Morgan fingerprint density at radius 1 is 1.00 bits per heavy atom. The van der Waals surface area contributed by atoms with Crippen molar-refractivity contribution >= 4 is 50.7 Å². The monoisotopic (exact) mass is 376 g/mol. The lowest BCUT2D eigenvalue weighted by molar-refractivity contribution is 0.766. The van der Waals surface area contributed by atoms with E-state index in [2.05, 4.69) is 28.1 Å². The third kappa shape index (κ3) is 4.13. The average Bonchev–Trinajstić information content (AvgIpc) is 2.39. The quantitative estimate of drug-likeness (QED) is 0.546. The third-order valence-corrected chi connectivity index (χ3v) is 4.50. The van der Waals surface area contributed by atoms with Gasteiger partial charge in [-0.2, -0.15) is 0 Å². The fourth-order valence-electron chi connectivity index (χ4n) is 1.95. The van der Waals surface area contributed by atoms with Gasteiger partial charge in [0, 0.05) is 26.3 Å². The van der Waals surface area contributed by atoms with Crippen LogP contribution in [0.4, 0.5) is 0 Å². The maximum atomic E-state index is 6.21. The molecule has 19 heavy (non-hydrogen) atoms. The van der Waals surface area contributed by atoms with Crippen molar-refractivity contribution in [2.45, 2.75) is 12.3 Å². The van der Waals surface area contributed by atoms with Crippen molar-refractivity contribution in [2.24, 2.45) is 0 Å². The number of rotatable bonds is 4. The fourth-order valence-corrected chi connectivity index (χ4v) is 2.99. The van der Waals surface area contributed by atoms with Crippen molar-refractivity contribution in [2.75, 3.05) is 5.88 Å². The summed E-state index contributed by atoms with van der Waals surface area (Å²) >= 11 is 21.6. The van der Waals surface area contributed by atoms with Crippen molar-refractivity contribution in [3.05, 3.63) is 68.1 Å². The molecule has 2 aromatic rings. The van der Waals surface area contributed by atoms with E-state index in [9.17, 15) is 0 Å². The highest BCUT2D eigenvalue weighted by molar-refractivity contribution is 9.10. The van der Waals surface area contributed by atoms with Gasteiger partial charge in [0.25, 0.3) is 0 Å². The normalized spacial score (nSPS) is 12.4. The molecule has 0 aromatic heterocycles. The highest BCUT2D eigenvalue weighted by atomic mass is 79.9. The molecule has 100 valence electrons. The van der Waals surface area contributed by atoms with Gasteiger partial charge >= 0.3 is 0 Å². The number of hydrogen-bond donors (Lipinski definition) is 0. The standard InChI is InChI=1S/C15H12BrCl3/c16-13-4-1-10(2-5-13)12(9-17)7-11-3-6-14(18)8-15(11)19/h1-6,8,12H,7,9H2. The first-order valence-electron chi connectivity index (χ1n) is 5.85. The molecule has 0 N–H and O–H groups in total. The van der Waals surface area contributed by atoms with E-state index in [1.165, 1.54) is 5.56 Å². The highest BCUT2D eigenvalue weighted by Gasteiger charge is 2.13. The van der Waals surface area contributed by atoms with E-state index in [-0.39, 0.29) is 5.92 Å². The third-order valence-electron chi connectivity index (χ3n) is 3.01. The number of alkyl halides is 1. The summed E-state index contributed by atoms with van der Waals surface area (Å²) in [6.45, 7) is 0. The van der Waals surface area contributed by atoms with Gasteiger partial charge in [-0.1, -0.05) is 57.3 Å². The van der Waals surface area contributed by atoms with Crippen LogP contribution in [0.5, 0.6) is 0 Å². The minimum Gasteiger partial charge on any atom is -0.126 e. The second-order valence-electron chi connectivity index (χ2n) is 4.34. The molecule has 0 nitrogen and oxygen atoms in total. The molecule has 0 amide bonds. The predicted octanol–water partition coefficient (Wildman–Crippen LogP) is 6.32. The molecule has 0 aliphatic heterocycles. The van der Waals surface area contributed by atoms with Crippen LogP contribution < -0.4 is 0 Å². The summed E-state index contributed by atoms with van der Waals surface area (Å²) in [6.07, 6.45) is 0.807. The second kappa shape index (κ2) is 6.99. The van der Waals surface area contributed by atoms with E-state index >= 15 is 0 Å². The van der Waals surface area contributed by atoms with Gasteiger partial charge in [-0.05, 0) is 41.8 Å². The highest BCUT2D eigenvalue weighted by Crippen LogP contribution is 2.28. The first-order valence-corrected chi connectivity index (χ1v) is 7.94. The van der Waals surface area contributed by atoms with Crippen LogP contribution in [-0.2, 0) is 6.42 Å². The molecule has 0 radical (unpaired) electrons. The van der Waals surface area contributed by atoms with Gasteiger partial charge in [-0.3, -0.25) is 0 Å². The summed E-state index contributed by atoms with van der Waals surface area (Å²) in [5.41, 5.74) is 2.28. The average molecular weight is 379 g/mol. The lowest BCUT2D eigenvalue weighted by atomic mass is 9.93. The van der Waals surface area contributed by atoms with Crippen molar-refractivity contribution in [1.82, 2.24) is 0 Å². The molecule has 0 aliphatic carbocycles. The number of halogens is 4. The molecule has 2 aromatic carbocycles. The zero-order valence-corrected chi connectivity index (χ0v) is 13.9. The Kier molecular flexibility index (Phi) is 5.58. The minimum absolute atomic E-state index is 0.244. The Morgan fingerprint density at radius 2 is 1.68 bits per heavy atom. The van der Waals surface area contributed by atoms with Crippen LogP contribution in [0, 0.1) is 0 Å². The number of hydrogen-bond acceptors (Lipinski definition) is 0. The molecule has 0 heterocycles. The van der Waals surface area contributed by atoms with Gasteiger partial charge in [0.15, 0.2) is 0 Å². The molecule has 1 unspecified atom stereocenters. The van der Waals surface area contributed by atoms with Crippen LogP contribution in [0.3, 0.4) is 0 Å². The molecule has 0 aliphatic rings. The Hall–Kier alpha value is -0.210. The van der Waals surface area contributed by atoms with E-state index < -0.39 is 0 Å². The van der Waals surface area contributed by atoms with Crippen molar-refractivity contribution in [1.29, 1.82) is 0 Å². The van der Waals surface area contributed by atoms with Gasteiger partial charge in [0.05, 0.1) is 0 Å². The SMILES string of the molecule is ClCC(Cc1ccc(Cl)cc1Cl)c1ccc(Br)cc1. The van der Waals surface area contributed by atoms with Gasteiger partial charge in [-0.25, -0.2) is 0 Å². The molecule has 4 heteroatoms. The van der Waals surface area contributed by atoms with Crippen molar-refractivity contribution in [3.8, 4) is 0 Å². The number of benzene rings is 2. The molecule has 0 spiro atoms. The summed E-state index contributed by atoms with van der Waals surface area (Å²) < 4.78 is 1.06. The largest absolute Gasteiger partial charge is 0.126 e. The van der Waals surface area contributed by atoms with Crippen molar-refractivity contribution in [3.63, 3.8) is 0 Å². The summed E-state index contributed by atoms with van der Waals surface area (Å²) in [4.78, 5) is 0. The predicted molar refractivity (Wildman–Crippen MR) is 87.8 cm³/mol. The van der Waals surface area contributed by atoms with Gasteiger partial charge < -0.3 is 0 Å². The molecule has 0 bridgehead atoms. The van der Waals surface area contributed by atoms with Crippen LogP contribution in [-0.4, -0.2) is 5.88 Å². The van der Waals surface area contributed by atoms with Crippen LogP contribution in [0.25, 0.3) is 0 Å². The molecular weight excluding hydrogens is 366 g/mol. The smallest absolute Gasteiger partial charge is 0.0453 e. The van der Waals surface area contributed by atoms with E-state index in [0.29, 0.717) is 15.9 Å². The Bertz CT molecular complexity index is 552. The molecule has 2 rings (SSSR count). The van der Waals surface area contributed by atoms with E-state index in [1.54, 1.807) is 6.07 Å². The van der Waals surface area contributed by atoms with E-state index in [0.717, 1.165) is 16.5 Å². The molecule has 0 saturated carbocycles. The summed E-state index contributed by atoms with van der Waals surface area (Å²) in [5, 5.41) is 1.35. The maximum absolute atomic E-state index is 6.21. The Balaban J connectivity index is 2.21. The summed E-state index contributed by atoms with van der Waals surface area (Å²) in [7, 11) is 0. The van der Waals surface area contributed by atoms with E-state index in [1.807, 2.05) is 24.3 Å². The topological polar surface area (TPSA) is 0 Å². The zero-order valence-electron chi connectivity index (χ0n) is 10.0. The zero-order chi connectivity index (χ0) is 13.8. The minimum atomic E-state index is 0.244. The Morgan fingerprint density at radius 3 is 2.26 bits per heavy atom. The van der Waals surface area contributed by atoms with Crippen LogP contribution in [0.15, 0.2) is 46.9 Å².